The number of thioether (sulfide) groups is 1. The summed E-state index contributed by atoms with van der Waals surface area (Å²) in [7, 11) is 1.62. The van der Waals surface area contributed by atoms with Gasteiger partial charge in [0.05, 0.1) is 25.1 Å². The Balaban J connectivity index is 1.37. The number of carbonyl (C=O) groups excluding carboxylic acids is 2. The predicted molar refractivity (Wildman–Crippen MR) is 158 cm³/mol. The molecule has 0 bridgehead atoms. The SMILES string of the molecule is COc1ccc(CN2C(=O)/C(=C/c3cn(CC(=O)NCc4cccs4)c4ccc(Br)cc34)SC2=S)cc1. The number of carbonyl (C=O) groups is 2. The second-order valence-electron chi connectivity index (χ2n) is 8.35. The number of fused-ring (bicyclic) bond motifs is 1. The number of thiophene rings is 1. The second kappa shape index (κ2) is 11.2. The van der Waals surface area contributed by atoms with E-state index in [4.69, 9.17) is 17.0 Å². The molecule has 10 heteroatoms. The molecule has 1 N–H and O–H groups in total. The van der Waals surface area contributed by atoms with E-state index in [1.165, 1.54) is 11.8 Å². The van der Waals surface area contributed by atoms with Crippen molar-refractivity contribution in [2.45, 2.75) is 19.6 Å². The smallest absolute Gasteiger partial charge is 0.266 e. The zero-order chi connectivity index (χ0) is 25.9. The molecule has 2 aromatic heterocycles. The minimum absolute atomic E-state index is 0.0782. The quantitative estimate of drug-likeness (QED) is 0.190. The molecule has 0 saturated carbocycles. The van der Waals surface area contributed by atoms with Crippen molar-refractivity contribution in [1.29, 1.82) is 0 Å². The molecule has 1 aliphatic rings. The summed E-state index contributed by atoms with van der Waals surface area (Å²) in [5.41, 5.74) is 2.73. The van der Waals surface area contributed by atoms with Crippen molar-refractivity contribution in [3.63, 3.8) is 0 Å². The summed E-state index contributed by atoms with van der Waals surface area (Å²) < 4.78 is 8.56. The molecule has 0 atom stereocenters. The van der Waals surface area contributed by atoms with E-state index >= 15 is 0 Å². The summed E-state index contributed by atoms with van der Waals surface area (Å²) >= 11 is 12.0. The van der Waals surface area contributed by atoms with Crippen molar-refractivity contribution >= 4 is 84.4 Å². The predicted octanol–water partition coefficient (Wildman–Crippen LogP) is 6.19. The van der Waals surface area contributed by atoms with Crippen LogP contribution >= 0.6 is 51.2 Å². The highest BCUT2D eigenvalue weighted by Crippen LogP contribution is 2.36. The van der Waals surface area contributed by atoms with Gasteiger partial charge < -0.3 is 14.6 Å². The molecule has 4 aromatic rings. The molecular formula is C27H22BrN3O3S3. The van der Waals surface area contributed by atoms with Crippen LogP contribution in [0.4, 0.5) is 0 Å². The van der Waals surface area contributed by atoms with Crippen LogP contribution in [0, 0.1) is 0 Å². The van der Waals surface area contributed by atoms with Gasteiger partial charge in [-0.3, -0.25) is 14.5 Å². The van der Waals surface area contributed by atoms with Crippen LogP contribution in [0.15, 0.2) is 75.6 Å². The van der Waals surface area contributed by atoms with E-state index in [0.717, 1.165) is 37.1 Å². The highest BCUT2D eigenvalue weighted by molar-refractivity contribution is 9.10. The number of nitrogens with zero attached hydrogens (tertiary/aromatic N) is 2. The van der Waals surface area contributed by atoms with Crippen LogP contribution in [-0.4, -0.2) is 32.7 Å². The lowest BCUT2D eigenvalue weighted by molar-refractivity contribution is -0.123. The van der Waals surface area contributed by atoms with Crippen LogP contribution in [0.2, 0.25) is 0 Å². The third-order valence-electron chi connectivity index (χ3n) is 5.89. The Hall–Kier alpha value is -2.92. The molecule has 3 heterocycles. The minimum atomic E-state index is -0.129. The summed E-state index contributed by atoms with van der Waals surface area (Å²) in [6.45, 7) is 1.07. The first-order chi connectivity index (χ1) is 17.9. The van der Waals surface area contributed by atoms with Gasteiger partial charge in [0.1, 0.15) is 16.6 Å². The fourth-order valence-corrected chi connectivity index (χ4v) is 6.29. The normalized spacial score (nSPS) is 14.6. The fraction of sp³-hybridized carbons (Fsp3) is 0.148. The molecule has 188 valence electrons. The van der Waals surface area contributed by atoms with Crippen molar-refractivity contribution in [1.82, 2.24) is 14.8 Å². The maximum atomic E-state index is 13.3. The number of ether oxygens (including phenoxy) is 1. The Kier molecular flexibility index (Phi) is 7.80. The number of hydrogen-bond donors (Lipinski definition) is 1. The molecule has 1 fully saturated rings. The fourth-order valence-electron chi connectivity index (χ4n) is 4.04. The summed E-state index contributed by atoms with van der Waals surface area (Å²) in [6, 6.07) is 17.5. The molecule has 6 nitrogen and oxygen atoms in total. The Morgan fingerprint density at radius 1 is 1.19 bits per heavy atom. The van der Waals surface area contributed by atoms with Crippen molar-refractivity contribution in [2.24, 2.45) is 0 Å². The number of rotatable bonds is 8. The van der Waals surface area contributed by atoms with E-state index in [1.807, 2.05) is 76.8 Å². The van der Waals surface area contributed by atoms with Crippen LogP contribution in [0.25, 0.3) is 17.0 Å². The van der Waals surface area contributed by atoms with E-state index in [-0.39, 0.29) is 18.4 Å². The highest BCUT2D eigenvalue weighted by Gasteiger charge is 2.32. The number of thiocarbonyl (C=S) groups is 1. The van der Waals surface area contributed by atoms with Crippen molar-refractivity contribution in [2.75, 3.05) is 7.11 Å². The van der Waals surface area contributed by atoms with E-state index in [0.29, 0.717) is 22.3 Å². The minimum Gasteiger partial charge on any atom is -0.497 e. The van der Waals surface area contributed by atoms with Gasteiger partial charge in [-0.05, 0) is 53.4 Å². The van der Waals surface area contributed by atoms with Gasteiger partial charge in [-0.2, -0.15) is 0 Å². The van der Waals surface area contributed by atoms with Gasteiger partial charge in [-0.15, -0.1) is 11.3 Å². The zero-order valence-corrected chi connectivity index (χ0v) is 23.8. The van der Waals surface area contributed by atoms with E-state index in [1.54, 1.807) is 23.3 Å². The first-order valence-corrected chi connectivity index (χ1v) is 14.3. The maximum Gasteiger partial charge on any atom is 0.266 e. The van der Waals surface area contributed by atoms with Gasteiger partial charge in [0.25, 0.3) is 5.91 Å². The summed E-state index contributed by atoms with van der Waals surface area (Å²) in [5, 5.41) is 5.91. The summed E-state index contributed by atoms with van der Waals surface area (Å²) in [4.78, 5) is 29.2. The molecule has 1 saturated heterocycles. The van der Waals surface area contributed by atoms with Gasteiger partial charge in [0.2, 0.25) is 5.91 Å². The van der Waals surface area contributed by atoms with E-state index in [9.17, 15) is 9.59 Å². The number of amides is 2. The van der Waals surface area contributed by atoms with Gasteiger partial charge in [-0.25, -0.2) is 0 Å². The Morgan fingerprint density at radius 2 is 2.00 bits per heavy atom. The number of nitrogens with one attached hydrogen (secondary N) is 1. The molecule has 2 amide bonds. The maximum absolute atomic E-state index is 13.3. The molecule has 0 radical (unpaired) electrons. The topological polar surface area (TPSA) is 63.6 Å². The molecular weight excluding hydrogens is 590 g/mol. The largest absolute Gasteiger partial charge is 0.497 e. The number of aromatic nitrogens is 1. The molecule has 5 rings (SSSR count). The summed E-state index contributed by atoms with van der Waals surface area (Å²) in [6.07, 6.45) is 3.78. The Morgan fingerprint density at radius 3 is 2.73 bits per heavy atom. The number of benzene rings is 2. The lowest BCUT2D eigenvalue weighted by atomic mass is 10.1. The van der Waals surface area contributed by atoms with Crippen molar-refractivity contribution in [3.05, 3.63) is 91.6 Å². The van der Waals surface area contributed by atoms with Gasteiger partial charge in [-0.1, -0.05) is 58.1 Å². The number of methoxy groups -OCH3 is 1. The van der Waals surface area contributed by atoms with E-state index < -0.39 is 0 Å². The van der Waals surface area contributed by atoms with Crippen LogP contribution in [0.5, 0.6) is 5.75 Å². The number of hydrogen-bond acceptors (Lipinski definition) is 6. The molecule has 0 spiro atoms. The standard InChI is InChI=1S/C27H22BrN3O3S3/c1-34-20-7-4-17(5-8-20)14-31-26(33)24(37-27(31)35)11-18-15-30(23-9-6-19(28)12-22(18)23)16-25(32)29-13-21-3-2-10-36-21/h2-12,15H,13-14,16H2,1H3,(H,29,32)/b24-11-. The first kappa shape index (κ1) is 25.7. The van der Waals surface area contributed by atoms with Crippen LogP contribution in [0.1, 0.15) is 16.0 Å². The first-order valence-electron chi connectivity index (χ1n) is 11.4. The zero-order valence-electron chi connectivity index (χ0n) is 19.8. The number of halogens is 1. The van der Waals surface area contributed by atoms with E-state index in [2.05, 4.69) is 21.2 Å². The van der Waals surface area contributed by atoms with Crippen molar-refractivity contribution < 1.29 is 14.3 Å². The Bertz CT molecular complexity index is 1510. The van der Waals surface area contributed by atoms with Crippen molar-refractivity contribution in [3.8, 4) is 5.75 Å². The third kappa shape index (κ3) is 5.82. The molecule has 0 unspecified atom stereocenters. The van der Waals surface area contributed by atoms with Gasteiger partial charge in [0, 0.05) is 32.0 Å². The lowest BCUT2D eigenvalue weighted by Gasteiger charge is -2.14. The van der Waals surface area contributed by atoms with Crippen LogP contribution < -0.4 is 10.1 Å². The molecule has 37 heavy (non-hydrogen) atoms. The monoisotopic (exact) mass is 611 g/mol. The van der Waals surface area contributed by atoms with Crippen LogP contribution in [0.3, 0.4) is 0 Å². The molecule has 2 aromatic carbocycles. The Labute approximate surface area is 236 Å². The molecule has 1 aliphatic heterocycles. The van der Waals surface area contributed by atoms with Gasteiger partial charge >= 0.3 is 0 Å². The third-order valence-corrected chi connectivity index (χ3v) is 8.64. The molecule has 0 aliphatic carbocycles. The second-order valence-corrected chi connectivity index (χ2v) is 12.0. The summed E-state index contributed by atoms with van der Waals surface area (Å²) in [5.74, 6) is 0.553. The lowest BCUT2D eigenvalue weighted by Crippen LogP contribution is -2.27. The van der Waals surface area contributed by atoms with Gasteiger partial charge in [0.15, 0.2) is 0 Å². The highest BCUT2D eigenvalue weighted by atomic mass is 79.9. The average Bonchev–Trinajstić information content (AvgIpc) is 3.59. The van der Waals surface area contributed by atoms with Crippen LogP contribution in [-0.2, 0) is 29.2 Å². The average molecular weight is 613 g/mol.